The quantitative estimate of drug-likeness (QED) is 0.395. The van der Waals surface area contributed by atoms with Crippen LogP contribution in [0.15, 0.2) is 0 Å². The fourth-order valence-corrected chi connectivity index (χ4v) is 3.42. The van der Waals surface area contributed by atoms with E-state index in [1.807, 2.05) is 0 Å². The minimum atomic E-state index is -0.254. The minimum absolute atomic E-state index is 0.254. The van der Waals surface area contributed by atoms with Crippen molar-refractivity contribution < 1.29 is 4.79 Å². The number of fused-ring (bicyclic) bond motifs is 1. The third kappa shape index (κ3) is 2.05. The average Bonchev–Trinajstić information content (AvgIpc) is 2.54. The Morgan fingerprint density at radius 2 is 1.88 bits per heavy atom. The summed E-state index contributed by atoms with van der Waals surface area (Å²) in [5.41, 5.74) is 9.83. The SMILES string of the molecule is NNC(=O)c1c(N)sc2c1CCCCCC2. The summed E-state index contributed by atoms with van der Waals surface area (Å²) in [6.45, 7) is 0. The molecule has 0 spiro atoms. The van der Waals surface area contributed by atoms with E-state index in [1.54, 1.807) is 11.3 Å². The van der Waals surface area contributed by atoms with Crippen LogP contribution in [0, 0.1) is 0 Å². The van der Waals surface area contributed by atoms with Crippen molar-refractivity contribution in [2.75, 3.05) is 5.73 Å². The Bertz CT molecular complexity index is 400. The smallest absolute Gasteiger partial charge is 0.268 e. The molecule has 1 aliphatic carbocycles. The van der Waals surface area contributed by atoms with E-state index in [1.165, 1.54) is 24.1 Å². The van der Waals surface area contributed by atoms with Crippen LogP contribution in [0.3, 0.4) is 0 Å². The van der Waals surface area contributed by atoms with Gasteiger partial charge in [-0.2, -0.15) is 0 Å². The van der Waals surface area contributed by atoms with E-state index < -0.39 is 0 Å². The second-order valence-corrected chi connectivity index (χ2v) is 5.27. The van der Waals surface area contributed by atoms with Crippen molar-refractivity contribution in [2.24, 2.45) is 5.84 Å². The van der Waals surface area contributed by atoms with E-state index >= 15 is 0 Å². The number of nitrogen functional groups attached to an aromatic ring is 2. The van der Waals surface area contributed by atoms with E-state index in [4.69, 9.17) is 11.6 Å². The molecule has 1 amide bonds. The molecule has 0 atom stereocenters. The predicted molar refractivity (Wildman–Crippen MR) is 66.3 cm³/mol. The monoisotopic (exact) mass is 239 g/mol. The van der Waals surface area contributed by atoms with Gasteiger partial charge in [0.25, 0.3) is 5.91 Å². The van der Waals surface area contributed by atoms with Gasteiger partial charge in [0.2, 0.25) is 0 Å². The summed E-state index contributed by atoms with van der Waals surface area (Å²) in [6, 6.07) is 0. The zero-order valence-electron chi connectivity index (χ0n) is 9.21. The molecule has 16 heavy (non-hydrogen) atoms. The third-order valence-corrected chi connectivity index (χ3v) is 4.18. The molecule has 5 heteroatoms. The van der Waals surface area contributed by atoms with Gasteiger partial charge in [0.05, 0.1) is 10.6 Å². The first-order valence-corrected chi connectivity index (χ1v) is 6.46. The molecule has 0 bridgehead atoms. The first kappa shape index (κ1) is 11.4. The number of carbonyl (C=O) groups excluding carboxylic acids is 1. The van der Waals surface area contributed by atoms with Crippen LogP contribution in [0.5, 0.6) is 0 Å². The molecule has 1 heterocycles. The van der Waals surface area contributed by atoms with E-state index in [0.29, 0.717) is 10.6 Å². The van der Waals surface area contributed by atoms with Crippen LogP contribution in [0.25, 0.3) is 0 Å². The van der Waals surface area contributed by atoms with Gasteiger partial charge in [-0.15, -0.1) is 11.3 Å². The molecule has 4 nitrogen and oxygen atoms in total. The van der Waals surface area contributed by atoms with Crippen LogP contribution in [0.2, 0.25) is 0 Å². The molecule has 0 unspecified atom stereocenters. The number of amides is 1. The van der Waals surface area contributed by atoms with Crippen molar-refractivity contribution in [2.45, 2.75) is 38.5 Å². The summed E-state index contributed by atoms with van der Waals surface area (Å²) >= 11 is 1.54. The van der Waals surface area contributed by atoms with Gasteiger partial charge in [0.1, 0.15) is 0 Å². The Labute approximate surface area is 99.0 Å². The summed E-state index contributed by atoms with van der Waals surface area (Å²) < 4.78 is 0. The highest BCUT2D eigenvalue weighted by molar-refractivity contribution is 7.16. The van der Waals surface area contributed by atoms with Gasteiger partial charge in [-0.1, -0.05) is 12.8 Å². The van der Waals surface area contributed by atoms with Gasteiger partial charge < -0.3 is 5.73 Å². The normalized spacial score (nSPS) is 16.1. The molecule has 0 fully saturated rings. The molecule has 0 saturated heterocycles. The Morgan fingerprint density at radius 3 is 2.56 bits per heavy atom. The zero-order valence-corrected chi connectivity index (χ0v) is 10.0. The standard InChI is InChI=1S/C11H17N3OS/c12-10-9(11(15)14-13)7-5-3-1-2-4-6-8(7)16-10/h1-6,12-13H2,(H,14,15). The maximum atomic E-state index is 11.7. The lowest BCUT2D eigenvalue weighted by Crippen LogP contribution is -2.31. The first-order chi connectivity index (χ1) is 7.74. The average molecular weight is 239 g/mol. The second kappa shape index (κ2) is 4.84. The van der Waals surface area contributed by atoms with Crippen molar-refractivity contribution in [3.05, 3.63) is 16.0 Å². The number of hydrazine groups is 1. The molecule has 0 aromatic carbocycles. The fourth-order valence-electron chi connectivity index (χ4n) is 2.26. The fraction of sp³-hybridized carbons (Fsp3) is 0.545. The summed E-state index contributed by atoms with van der Waals surface area (Å²) in [4.78, 5) is 12.9. The number of rotatable bonds is 1. The molecule has 88 valence electrons. The number of aryl methyl sites for hydroxylation is 1. The predicted octanol–water partition coefficient (Wildman–Crippen LogP) is 1.59. The van der Waals surface area contributed by atoms with Crippen LogP contribution in [-0.4, -0.2) is 5.91 Å². The van der Waals surface area contributed by atoms with Gasteiger partial charge in [-0.3, -0.25) is 10.2 Å². The molecule has 2 rings (SSSR count). The highest BCUT2D eigenvalue weighted by Crippen LogP contribution is 2.34. The number of hydrogen-bond acceptors (Lipinski definition) is 4. The van der Waals surface area contributed by atoms with Crippen LogP contribution >= 0.6 is 11.3 Å². The maximum Gasteiger partial charge on any atom is 0.268 e. The second-order valence-electron chi connectivity index (χ2n) is 4.13. The molecular formula is C11H17N3OS. The summed E-state index contributed by atoms with van der Waals surface area (Å²) in [6.07, 6.45) is 6.83. The molecular weight excluding hydrogens is 222 g/mol. The first-order valence-electron chi connectivity index (χ1n) is 5.65. The molecule has 0 aliphatic heterocycles. The number of hydrogen-bond donors (Lipinski definition) is 3. The van der Waals surface area contributed by atoms with E-state index in [0.717, 1.165) is 24.8 Å². The van der Waals surface area contributed by atoms with Gasteiger partial charge >= 0.3 is 0 Å². The molecule has 1 aliphatic rings. The van der Waals surface area contributed by atoms with Crippen molar-refractivity contribution in [3.63, 3.8) is 0 Å². The Morgan fingerprint density at radius 1 is 1.19 bits per heavy atom. The van der Waals surface area contributed by atoms with Gasteiger partial charge in [-0.05, 0) is 31.2 Å². The topological polar surface area (TPSA) is 81.1 Å². The van der Waals surface area contributed by atoms with Crippen molar-refractivity contribution >= 4 is 22.2 Å². The van der Waals surface area contributed by atoms with Gasteiger partial charge in [-0.25, -0.2) is 5.84 Å². The lowest BCUT2D eigenvalue weighted by atomic mass is 9.96. The zero-order chi connectivity index (χ0) is 11.5. The Kier molecular flexibility index (Phi) is 3.46. The van der Waals surface area contributed by atoms with E-state index in [9.17, 15) is 4.79 Å². The number of carbonyl (C=O) groups is 1. The number of nitrogens with one attached hydrogen (secondary N) is 1. The maximum absolute atomic E-state index is 11.7. The highest BCUT2D eigenvalue weighted by Gasteiger charge is 2.21. The Hall–Kier alpha value is -1.07. The van der Waals surface area contributed by atoms with Crippen LogP contribution in [0.4, 0.5) is 5.00 Å². The molecule has 1 aromatic rings. The molecule has 0 radical (unpaired) electrons. The Balaban J connectivity index is 2.40. The van der Waals surface area contributed by atoms with Crippen LogP contribution < -0.4 is 17.0 Å². The van der Waals surface area contributed by atoms with E-state index in [2.05, 4.69) is 5.43 Å². The van der Waals surface area contributed by atoms with Crippen LogP contribution in [-0.2, 0) is 12.8 Å². The third-order valence-electron chi connectivity index (χ3n) is 3.06. The van der Waals surface area contributed by atoms with Gasteiger partial charge in [0.15, 0.2) is 0 Å². The number of thiophene rings is 1. The van der Waals surface area contributed by atoms with Crippen molar-refractivity contribution in [1.29, 1.82) is 0 Å². The summed E-state index contributed by atoms with van der Waals surface area (Å²) in [5, 5.41) is 0.606. The molecule has 0 saturated carbocycles. The van der Waals surface area contributed by atoms with Crippen LogP contribution in [0.1, 0.15) is 46.5 Å². The molecule has 5 N–H and O–H groups in total. The van der Waals surface area contributed by atoms with Gasteiger partial charge in [0, 0.05) is 4.88 Å². The van der Waals surface area contributed by atoms with Crippen molar-refractivity contribution in [1.82, 2.24) is 5.43 Å². The summed E-state index contributed by atoms with van der Waals surface area (Å²) in [7, 11) is 0. The number of anilines is 1. The minimum Gasteiger partial charge on any atom is -0.390 e. The molecule has 1 aromatic heterocycles. The summed E-state index contributed by atoms with van der Waals surface area (Å²) in [5.74, 6) is 4.93. The lowest BCUT2D eigenvalue weighted by Gasteiger charge is -2.10. The van der Waals surface area contributed by atoms with E-state index in [-0.39, 0.29) is 5.91 Å². The number of nitrogens with two attached hydrogens (primary N) is 2. The largest absolute Gasteiger partial charge is 0.390 e. The lowest BCUT2D eigenvalue weighted by molar-refractivity contribution is 0.0954. The highest BCUT2D eigenvalue weighted by atomic mass is 32.1. The van der Waals surface area contributed by atoms with Crippen molar-refractivity contribution in [3.8, 4) is 0 Å².